The lowest BCUT2D eigenvalue weighted by molar-refractivity contribution is 0.0850. The maximum absolute atomic E-state index is 12.8. The molecule has 128 valence electrons. The highest BCUT2D eigenvalue weighted by Crippen LogP contribution is 2.32. The second-order valence-corrected chi connectivity index (χ2v) is 6.43. The number of aromatic nitrogens is 1. The van der Waals surface area contributed by atoms with Gasteiger partial charge >= 0.3 is 0 Å². The lowest BCUT2D eigenvalue weighted by atomic mass is 10.1. The van der Waals surface area contributed by atoms with Crippen LogP contribution in [-0.2, 0) is 13.5 Å². The topological polar surface area (TPSA) is 63.5 Å². The molecule has 0 radical (unpaired) electrons. The summed E-state index contributed by atoms with van der Waals surface area (Å²) < 4.78 is 7.11. The first-order chi connectivity index (χ1) is 12.1. The summed E-state index contributed by atoms with van der Waals surface area (Å²) in [4.78, 5) is 12.8. The summed E-state index contributed by atoms with van der Waals surface area (Å²) in [5.74, 6) is 0.555. The Morgan fingerprint density at radius 1 is 1.24 bits per heavy atom. The molecule has 1 aliphatic carbocycles. The van der Waals surface area contributed by atoms with Gasteiger partial charge < -0.3 is 19.7 Å². The van der Waals surface area contributed by atoms with Gasteiger partial charge in [-0.25, -0.2) is 0 Å². The standard InChI is InChI=1S/C20H20N2O3/c1-22-16-11-14(25-2)8-7-13(16)9-17(22)20(24)21-19-15-6-4-3-5-12(15)10-18(19)23/h3-9,11,18-19,23H,10H2,1-2H3,(H,21,24)/t18-,19-/m1/s1. The van der Waals surface area contributed by atoms with Gasteiger partial charge in [-0.3, -0.25) is 4.79 Å². The number of rotatable bonds is 3. The number of amides is 1. The Bertz CT molecular complexity index is 961. The summed E-state index contributed by atoms with van der Waals surface area (Å²) in [5, 5.41) is 14.3. The Morgan fingerprint density at radius 2 is 2.04 bits per heavy atom. The zero-order valence-corrected chi connectivity index (χ0v) is 14.2. The lowest BCUT2D eigenvalue weighted by Gasteiger charge is -2.18. The van der Waals surface area contributed by atoms with Crippen molar-refractivity contribution in [2.45, 2.75) is 18.6 Å². The van der Waals surface area contributed by atoms with E-state index in [1.54, 1.807) is 7.11 Å². The van der Waals surface area contributed by atoms with Gasteiger partial charge in [-0.1, -0.05) is 24.3 Å². The fourth-order valence-electron chi connectivity index (χ4n) is 3.62. The van der Waals surface area contributed by atoms with Gasteiger partial charge in [0.15, 0.2) is 0 Å². The van der Waals surface area contributed by atoms with Crippen LogP contribution in [0, 0.1) is 0 Å². The van der Waals surface area contributed by atoms with E-state index < -0.39 is 6.10 Å². The molecule has 4 rings (SSSR count). The number of hydrogen-bond donors (Lipinski definition) is 2. The Labute approximate surface area is 145 Å². The zero-order chi connectivity index (χ0) is 17.6. The molecule has 2 aromatic carbocycles. The highest BCUT2D eigenvalue weighted by molar-refractivity contribution is 5.99. The molecule has 2 N–H and O–H groups in total. The van der Waals surface area contributed by atoms with E-state index in [0.717, 1.165) is 27.8 Å². The molecule has 0 fully saturated rings. The Morgan fingerprint density at radius 3 is 2.84 bits per heavy atom. The predicted molar refractivity (Wildman–Crippen MR) is 95.8 cm³/mol. The molecule has 0 aliphatic heterocycles. The fraction of sp³-hybridized carbons (Fsp3) is 0.250. The highest BCUT2D eigenvalue weighted by atomic mass is 16.5. The molecule has 0 unspecified atom stereocenters. The van der Waals surface area contributed by atoms with E-state index in [2.05, 4.69) is 5.32 Å². The molecule has 3 aromatic rings. The van der Waals surface area contributed by atoms with Gasteiger partial charge in [-0.15, -0.1) is 0 Å². The third-order valence-electron chi connectivity index (χ3n) is 4.98. The Hall–Kier alpha value is -2.79. The van der Waals surface area contributed by atoms with E-state index in [0.29, 0.717) is 12.1 Å². The molecule has 0 saturated heterocycles. The molecular formula is C20H20N2O3. The van der Waals surface area contributed by atoms with Gasteiger partial charge in [0.1, 0.15) is 11.4 Å². The second-order valence-electron chi connectivity index (χ2n) is 6.43. The van der Waals surface area contributed by atoms with Gasteiger partial charge in [0.05, 0.1) is 24.8 Å². The smallest absolute Gasteiger partial charge is 0.268 e. The maximum Gasteiger partial charge on any atom is 0.268 e. The summed E-state index contributed by atoms with van der Waals surface area (Å²) in [6, 6.07) is 15.0. The minimum atomic E-state index is -0.601. The molecule has 1 aromatic heterocycles. The molecule has 1 amide bonds. The zero-order valence-electron chi connectivity index (χ0n) is 14.2. The number of ether oxygens (including phenoxy) is 1. The molecule has 5 heteroatoms. The highest BCUT2D eigenvalue weighted by Gasteiger charge is 2.32. The normalized spacial score (nSPS) is 19.0. The van der Waals surface area contributed by atoms with Crippen LogP contribution in [0.25, 0.3) is 10.9 Å². The number of fused-ring (bicyclic) bond motifs is 2. The number of carbonyl (C=O) groups is 1. The average molecular weight is 336 g/mol. The van der Waals surface area contributed by atoms with Crippen LogP contribution >= 0.6 is 0 Å². The molecule has 25 heavy (non-hydrogen) atoms. The lowest BCUT2D eigenvalue weighted by Crippen LogP contribution is -2.34. The van der Waals surface area contributed by atoms with E-state index in [-0.39, 0.29) is 11.9 Å². The minimum Gasteiger partial charge on any atom is -0.497 e. The molecular weight excluding hydrogens is 316 g/mol. The second kappa shape index (κ2) is 5.93. The van der Waals surface area contributed by atoms with Crippen molar-refractivity contribution in [2.24, 2.45) is 7.05 Å². The Kier molecular flexibility index (Phi) is 3.73. The molecule has 1 heterocycles. The first-order valence-corrected chi connectivity index (χ1v) is 8.28. The summed E-state index contributed by atoms with van der Waals surface area (Å²) in [6.45, 7) is 0. The predicted octanol–water partition coefficient (Wildman–Crippen LogP) is 2.58. The molecule has 2 atom stereocenters. The monoisotopic (exact) mass is 336 g/mol. The summed E-state index contributed by atoms with van der Waals surface area (Å²) >= 11 is 0. The molecule has 0 spiro atoms. The number of benzene rings is 2. The van der Waals surface area contributed by atoms with Crippen molar-refractivity contribution in [3.63, 3.8) is 0 Å². The molecule has 1 aliphatic rings. The van der Waals surface area contributed by atoms with Gasteiger partial charge in [0, 0.05) is 24.9 Å². The van der Waals surface area contributed by atoms with Crippen LogP contribution in [0.15, 0.2) is 48.5 Å². The number of methoxy groups -OCH3 is 1. The largest absolute Gasteiger partial charge is 0.497 e. The van der Waals surface area contributed by atoms with Crippen molar-refractivity contribution < 1.29 is 14.6 Å². The van der Waals surface area contributed by atoms with E-state index in [9.17, 15) is 9.90 Å². The fourth-order valence-corrected chi connectivity index (χ4v) is 3.62. The number of aliphatic hydroxyl groups excluding tert-OH is 1. The first kappa shape index (κ1) is 15.7. The van der Waals surface area contributed by atoms with Crippen LogP contribution in [0.1, 0.15) is 27.7 Å². The summed E-state index contributed by atoms with van der Waals surface area (Å²) in [7, 11) is 3.48. The molecule has 5 nitrogen and oxygen atoms in total. The van der Waals surface area contributed by atoms with E-state index >= 15 is 0 Å². The van der Waals surface area contributed by atoms with Crippen molar-refractivity contribution >= 4 is 16.8 Å². The quantitative estimate of drug-likeness (QED) is 0.773. The van der Waals surface area contributed by atoms with Crippen molar-refractivity contribution in [1.82, 2.24) is 9.88 Å². The van der Waals surface area contributed by atoms with Gasteiger partial charge in [0.2, 0.25) is 0 Å². The molecule has 0 bridgehead atoms. The van der Waals surface area contributed by atoms with Crippen LogP contribution in [-0.4, -0.2) is 28.8 Å². The number of nitrogens with zero attached hydrogens (tertiary/aromatic N) is 1. The van der Waals surface area contributed by atoms with Crippen LogP contribution < -0.4 is 10.1 Å². The average Bonchev–Trinajstić information content (AvgIpc) is 3.12. The van der Waals surface area contributed by atoms with E-state index in [1.807, 2.05) is 60.1 Å². The van der Waals surface area contributed by atoms with E-state index in [4.69, 9.17) is 4.74 Å². The third kappa shape index (κ3) is 2.57. The number of hydrogen-bond acceptors (Lipinski definition) is 3. The minimum absolute atomic E-state index is 0.196. The van der Waals surface area contributed by atoms with E-state index in [1.165, 1.54) is 0 Å². The molecule has 0 saturated carbocycles. The summed E-state index contributed by atoms with van der Waals surface area (Å²) in [6.07, 6.45) is -0.0379. The van der Waals surface area contributed by atoms with Crippen molar-refractivity contribution in [3.8, 4) is 5.75 Å². The Balaban J connectivity index is 1.66. The number of carbonyl (C=O) groups excluding carboxylic acids is 1. The maximum atomic E-state index is 12.8. The van der Waals surface area contributed by atoms with Crippen molar-refractivity contribution in [3.05, 3.63) is 65.4 Å². The third-order valence-corrected chi connectivity index (χ3v) is 4.98. The van der Waals surface area contributed by atoms with Gasteiger partial charge in [-0.05, 0) is 29.3 Å². The van der Waals surface area contributed by atoms with Crippen LogP contribution in [0.5, 0.6) is 5.75 Å². The summed E-state index contributed by atoms with van der Waals surface area (Å²) in [5.41, 5.74) is 3.56. The number of aryl methyl sites for hydroxylation is 1. The van der Waals surface area contributed by atoms with Crippen molar-refractivity contribution in [2.75, 3.05) is 7.11 Å². The number of aliphatic hydroxyl groups is 1. The van der Waals surface area contributed by atoms with Crippen LogP contribution in [0.4, 0.5) is 0 Å². The van der Waals surface area contributed by atoms with Crippen LogP contribution in [0.2, 0.25) is 0 Å². The van der Waals surface area contributed by atoms with Crippen molar-refractivity contribution in [1.29, 1.82) is 0 Å². The number of nitrogens with one attached hydrogen (secondary N) is 1. The van der Waals surface area contributed by atoms with Gasteiger partial charge in [0.25, 0.3) is 5.91 Å². The van der Waals surface area contributed by atoms with Crippen LogP contribution in [0.3, 0.4) is 0 Å². The van der Waals surface area contributed by atoms with Gasteiger partial charge in [-0.2, -0.15) is 0 Å². The SMILES string of the molecule is COc1ccc2cc(C(=O)N[C@@H]3c4ccccc4C[C@H]3O)n(C)c2c1. The first-order valence-electron chi connectivity index (χ1n) is 8.28.